The second kappa shape index (κ2) is 6.73. The third-order valence-corrected chi connectivity index (χ3v) is 5.56. The maximum Gasteiger partial charge on any atom is 0.414 e. The van der Waals surface area contributed by atoms with E-state index in [9.17, 15) is 14.9 Å². The van der Waals surface area contributed by atoms with E-state index in [0.717, 1.165) is 35.5 Å². The van der Waals surface area contributed by atoms with Gasteiger partial charge in [0.05, 0.1) is 28.2 Å². The molecule has 0 spiro atoms. The van der Waals surface area contributed by atoms with Crippen molar-refractivity contribution in [1.82, 2.24) is 4.98 Å². The Hall–Kier alpha value is -3.68. The average molecular weight is 390 g/mol. The average Bonchev–Trinajstić information content (AvgIpc) is 3.17. The Bertz CT molecular complexity index is 1150. The van der Waals surface area contributed by atoms with Crippen molar-refractivity contribution < 1.29 is 14.5 Å². The number of hydrogen-bond donors (Lipinski definition) is 0. The number of carbonyl (C=O) groups excluding carboxylic acids is 1. The molecule has 29 heavy (non-hydrogen) atoms. The summed E-state index contributed by atoms with van der Waals surface area (Å²) in [6.07, 6.45) is 2.12. The molecule has 0 N–H and O–H groups in total. The summed E-state index contributed by atoms with van der Waals surface area (Å²) in [7, 11) is 0. The van der Waals surface area contributed by atoms with Crippen molar-refractivity contribution in [3.8, 4) is 0 Å². The number of ether oxygens (including phenoxy) is 1. The molecule has 1 aromatic heterocycles. The number of hydrogen-bond acceptors (Lipinski definition) is 6. The van der Waals surface area contributed by atoms with Gasteiger partial charge in [-0.15, -0.1) is 0 Å². The molecule has 2 aliphatic heterocycles. The second-order valence-electron chi connectivity index (χ2n) is 7.11. The van der Waals surface area contributed by atoms with Gasteiger partial charge in [0, 0.05) is 25.4 Å². The second-order valence-corrected chi connectivity index (χ2v) is 7.11. The molecule has 146 valence electrons. The summed E-state index contributed by atoms with van der Waals surface area (Å²) in [5, 5.41) is 11.9. The van der Waals surface area contributed by atoms with Crippen LogP contribution in [-0.2, 0) is 17.7 Å². The van der Waals surface area contributed by atoms with Crippen LogP contribution in [0.5, 0.6) is 0 Å². The maximum absolute atomic E-state index is 12.0. The summed E-state index contributed by atoms with van der Waals surface area (Å²) in [4.78, 5) is 31.3. The molecule has 0 aliphatic carbocycles. The molecule has 0 atom stereocenters. The van der Waals surface area contributed by atoms with Gasteiger partial charge in [0.15, 0.2) is 0 Å². The molecule has 8 nitrogen and oxygen atoms in total. The third kappa shape index (κ3) is 2.84. The van der Waals surface area contributed by atoms with Crippen molar-refractivity contribution in [3.05, 3.63) is 69.9 Å². The van der Waals surface area contributed by atoms with E-state index < -0.39 is 0 Å². The van der Waals surface area contributed by atoms with Crippen LogP contribution in [0.15, 0.2) is 48.7 Å². The monoisotopic (exact) mass is 390 g/mol. The van der Waals surface area contributed by atoms with Crippen LogP contribution in [0, 0.1) is 10.1 Å². The van der Waals surface area contributed by atoms with Gasteiger partial charge < -0.3 is 9.64 Å². The molecule has 1 fully saturated rings. The molecular weight excluding hydrogens is 372 g/mol. The fourth-order valence-corrected chi connectivity index (χ4v) is 4.22. The lowest BCUT2D eigenvalue weighted by Crippen LogP contribution is -2.33. The number of nitro groups is 1. The standard InChI is InChI=1S/C21H18N4O4/c26-21-24(11-12-29-21)17-5-1-3-14-13-23(10-8-15(14)17)19-7-6-18(25(27)28)16-4-2-9-22-20(16)19/h1-7,9H,8,10-13H2. The van der Waals surface area contributed by atoms with Gasteiger partial charge in [0.1, 0.15) is 12.1 Å². The summed E-state index contributed by atoms with van der Waals surface area (Å²) in [5.74, 6) is 0. The molecular formula is C21H18N4O4. The van der Waals surface area contributed by atoms with E-state index in [2.05, 4.69) is 16.0 Å². The summed E-state index contributed by atoms with van der Waals surface area (Å²) < 4.78 is 5.09. The third-order valence-electron chi connectivity index (χ3n) is 5.56. The van der Waals surface area contributed by atoms with E-state index in [0.29, 0.717) is 30.6 Å². The lowest BCUT2D eigenvalue weighted by Gasteiger charge is -2.33. The van der Waals surface area contributed by atoms with Crippen LogP contribution in [0.3, 0.4) is 0 Å². The van der Waals surface area contributed by atoms with E-state index in [-0.39, 0.29) is 16.7 Å². The van der Waals surface area contributed by atoms with Crippen molar-refractivity contribution in [1.29, 1.82) is 0 Å². The highest BCUT2D eigenvalue weighted by molar-refractivity contribution is 5.97. The van der Waals surface area contributed by atoms with E-state index >= 15 is 0 Å². The zero-order valence-electron chi connectivity index (χ0n) is 15.6. The van der Waals surface area contributed by atoms with Crippen molar-refractivity contribution >= 4 is 34.1 Å². The Morgan fingerprint density at radius 2 is 1.97 bits per heavy atom. The number of pyridine rings is 1. The molecule has 3 aromatic rings. The Morgan fingerprint density at radius 1 is 1.07 bits per heavy atom. The molecule has 0 radical (unpaired) electrons. The first kappa shape index (κ1) is 17.4. The lowest BCUT2D eigenvalue weighted by molar-refractivity contribution is -0.383. The number of aromatic nitrogens is 1. The number of carbonyl (C=O) groups is 1. The summed E-state index contributed by atoms with van der Waals surface area (Å²) in [6, 6.07) is 12.8. The van der Waals surface area contributed by atoms with Gasteiger partial charge in [-0.1, -0.05) is 12.1 Å². The number of nitro benzene ring substituents is 1. The predicted octanol–water partition coefficient (Wildman–Crippen LogP) is 3.66. The number of non-ortho nitro benzene ring substituents is 1. The molecule has 8 heteroatoms. The molecule has 1 saturated heterocycles. The van der Waals surface area contributed by atoms with Gasteiger partial charge in [0.25, 0.3) is 5.69 Å². The molecule has 0 saturated carbocycles. The van der Waals surface area contributed by atoms with Crippen molar-refractivity contribution in [2.75, 3.05) is 29.5 Å². The SMILES string of the molecule is O=C1OCCN1c1cccc2c1CCN(c1ccc([N+](=O)[O-])c3cccnc13)C2. The normalized spacial score (nSPS) is 16.1. The van der Waals surface area contributed by atoms with E-state index in [4.69, 9.17) is 4.74 Å². The van der Waals surface area contributed by atoms with E-state index in [1.165, 1.54) is 0 Å². The van der Waals surface area contributed by atoms with Crippen LogP contribution in [0.2, 0.25) is 0 Å². The van der Waals surface area contributed by atoms with E-state index in [1.54, 1.807) is 35.4 Å². The topological polar surface area (TPSA) is 88.8 Å². The highest BCUT2D eigenvalue weighted by Gasteiger charge is 2.29. The highest BCUT2D eigenvalue weighted by Crippen LogP contribution is 2.36. The zero-order valence-corrected chi connectivity index (χ0v) is 15.6. The molecule has 0 bridgehead atoms. The fraction of sp³-hybridized carbons (Fsp3) is 0.238. The van der Waals surface area contributed by atoms with Crippen LogP contribution in [0.1, 0.15) is 11.1 Å². The Labute approximate surface area is 166 Å². The molecule has 0 unspecified atom stereocenters. The van der Waals surface area contributed by atoms with Crippen LogP contribution < -0.4 is 9.80 Å². The Morgan fingerprint density at radius 3 is 2.76 bits per heavy atom. The zero-order chi connectivity index (χ0) is 20.0. The molecule has 5 rings (SSSR count). The number of benzene rings is 2. The molecule has 2 aliphatic rings. The highest BCUT2D eigenvalue weighted by atomic mass is 16.6. The first-order chi connectivity index (χ1) is 14.1. The number of cyclic esters (lactones) is 1. The lowest BCUT2D eigenvalue weighted by atomic mass is 9.96. The number of fused-ring (bicyclic) bond motifs is 2. The minimum atomic E-state index is -0.374. The first-order valence-electron chi connectivity index (χ1n) is 9.45. The number of nitrogens with zero attached hydrogens (tertiary/aromatic N) is 4. The van der Waals surface area contributed by atoms with Crippen LogP contribution >= 0.6 is 0 Å². The fourth-order valence-electron chi connectivity index (χ4n) is 4.22. The van der Waals surface area contributed by atoms with Gasteiger partial charge >= 0.3 is 6.09 Å². The van der Waals surface area contributed by atoms with E-state index in [1.807, 2.05) is 12.1 Å². The maximum atomic E-state index is 12.0. The summed E-state index contributed by atoms with van der Waals surface area (Å²) >= 11 is 0. The van der Waals surface area contributed by atoms with Crippen molar-refractivity contribution in [2.24, 2.45) is 0 Å². The van der Waals surface area contributed by atoms with Gasteiger partial charge in [-0.05, 0) is 41.8 Å². The summed E-state index contributed by atoms with van der Waals surface area (Å²) in [6.45, 7) is 2.36. The van der Waals surface area contributed by atoms with Gasteiger partial charge in [-0.3, -0.25) is 20.0 Å². The molecule has 3 heterocycles. The first-order valence-corrected chi connectivity index (χ1v) is 9.45. The molecule has 2 aromatic carbocycles. The quantitative estimate of drug-likeness (QED) is 0.501. The minimum absolute atomic E-state index is 0.0593. The van der Waals surface area contributed by atoms with Crippen LogP contribution in [-0.4, -0.2) is 35.7 Å². The number of amides is 1. The van der Waals surface area contributed by atoms with Crippen molar-refractivity contribution in [3.63, 3.8) is 0 Å². The predicted molar refractivity (Wildman–Crippen MR) is 108 cm³/mol. The smallest absolute Gasteiger partial charge is 0.414 e. The van der Waals surface area contributed by atoms with Crippen LogP contribution in [0.25, 0.3) is 10.9 Å². The number of rotatable bonds is 3. The Kier molecular flexibility index (Phi) is 4.04. The largest absolute Gasteiger partial charge is 0.447 e. The summed E-state index contributed by atoms with van der Waals surface area (Å²) in [5.41, 5.74) is 4.77. The minimum Gasteiger partial charge on any atom is -0.447 e. The van der Waals surface area contributed by atoms with Gasteiger partial charge in [0.2, 0.25) is 0 Å². The van der Waals surface area contributed by atoms with Gasteiger partial charge in [-0.2, -0.15) is 0 Å². The van der Waals surface area contributed by atoms with Gasteiger partial charge in [-0.25, -0.2) is 4.79 Å². The van der Waals surface area contributed by atoms with Crippen molar-refractivity contribution in [2.45, 2.75) is 13.0 Å². The van der Waals surface area contributed by atoms with Crippen LogP contribution in [0.4, 0.5) is 21.9 Å². The Balaban J connectivity index is 1.53. The number of anilines is 2. The molecule has 1 amide bonds.